The Hall–Kier alpha value is -2.34. The number of hydrogen-bond donors (Lipinski definition) is 2. The van der Waals surface area contributed by atoms with Crippen LogP contribution in [0, 0.1) is 6.92 Å². The molecule has 0 aliphatic carbocycles. The van der Waals surface area contributed by atoms with Crippen molar-refractivity contribution in [1.82, 2.24) is 14.9 Å². The predicted molar refractivity (Wildman–Crippen MR) is 90.6 cm³/mol. The van der Waals surface area contributed by atoms with Crippen molar-refractivity contribution in [3.63, 3.8) is 0 Å². The Labute approximate surface area is 131 Å². The van der Waals surface area contributed by atoms with Gasteiger partial charge in [-0.25, -0.2) is 9.97 Å². The Morgan fingerprint density at radius 2 is 1.73 bits per heavy atom. The van der Waals surface area contributed by atoms with Crippen LogP contribution in [0.15, 0.2) is 30.6 Å². The van der Waals surface area contributed by atoms with Gasteiger partial charge in [0.25, 0.3) is 0 Å². The number of benzene rings is 1. The van der Waals surface area contributed by atoms with E-state index in [2.05, 4.69) is 51.2 Å². The molecule has 22 heavy (non-hydrogen) atoms. The van der Waals surface area contributed by atoms with Gasteiger partial charge < -0.3 is 20.9 Å². The van der Waals surface area contributed by atoms with Crippen LogP contribution in [0.4, 0.5) is 23.0 Å². The van der Waals surface area contributed by atoms with Crippen molar-refractivity contribution >= 4 is 23.0 Å². The molecule has 1 aliphatic heterocycles. The minimum atomic E-state index is 0.604. The lowest BCUT2D eigenvalue weighted by Crippen LogP contribution is -2.45. The third-order valence-corrected chi connectivity index (χ3v) is 3.98. The molecule has 1 aromatic heterocycles. The summed E-state index contributed by atoms with van der Waals surface area (Å²) in [4.78, 5) is 13.2. The van der Waals surface area contributed by atoms with Crippen LogP contribution in [0.3, 0.4) is 0 Å². The molecule has 1 fully saturated rings. The number of piperazine rings is 1. The number of likely N-dealkylation sites (N-methyl/N-ethyl adjacent to an activating group) is 1. The first kappa shape index (κ1) is 14.6. The number of rotatable bonds is 3. The lowest BCUT2D eigenvalue weighted by Gasteiger charge is -2.33. The smallest absolute Gasteiger partial charge is 0.159 e. The molecule has 1 aliphatic rings. The average molecular weight is 298 g/mol. The molecule has 116 valence electrons. The summed E-state index contributed by atoms with van der Waals surface area (Å²) >= 11 is 0. The Balaban J connectivity index is 1.81. The second-order valence-electron chi connectivity index (χ2n) is 5.74. The summed E-state index contributed by atoms with van der Waals surface area (Å²) in [5.41, 5.74) is 9.08. The van der Waals surface area contributed by atoms with Crippen molar-refractivity contribution < 1.29 is 0 Å². The van der Waals surface area contributed by atoms with E-state index >= 15 is 0 Å². The third-order valence-electron chi connectivity index (χ3n) is 3.98. The Bertz CT molecular complexity index is 632. The molecule has 6 heteroatoms. The summed E-state index contributed by atoms with van der Waals surface area (Å²) in [6.07, 6.45) is 1.57. The highest BCUT2D eigenvalue weighted by Gasteiger charge is 2.19. The molecule has 1 saturated heterocycles. The fraction of sp³-hybridized carbons (Fsp3) is 0.375. The quantitative estimate of drug-likeness (QED) is 0.901. The second-order valence-corrected chi connectivity index (χ2v) is 5.74. The van der Waals surface area contributed by atoms with Gasteiger partial charge in [-0.3, -0.25) is 0 Å². The topological polar surface area (TPSA) is 70.3 Å². The lowest BCUT2D eigenvalue weighted by molar-refractivity contribution is 0.312. The summed E-state index contributed by atoms with van der Waals surface area (Å²) in [5, 5.41) is 3.27. The Morgan fingerprint density at radius 3 is 2.41 bits per heavy atom. The highest BCUT2D eigenvalue weighted by Crippen LogP contribution is 2.28. The van der Waals surface area contributed by atoms with E-state index in [0.717, 1.165) is 37.7 Å². The molecule has 0 atom stereocenters. The van der Waals surface area contributed by atoms with Crippen molar-refractivity contribution in [2.45, 2.75) is 6.92 Å². The number of nitrogens with one attached hydrogen (secondary N) is 1. The van der Waals surface area contributed by atoms with E-state index in [4.69, 9.17) is 5.73 Å². The standard InChI is InChI=1S/C16H22N6/c1-12-3-5-13(6-4-12)20-15-14(17)16(19-11-18-15)22-9-7-21(2)8-10-22/h3-6,11H,7-10,17H2,1-2H3,(H,18,19,20). The third kappa shape index (κ3) is 3.12. The molecule has 0 bridgehead atoms. The molecule has 0 amide bonds. The predicted octanol–water partition coefficient (Wildman–Crippen LogP) is 1.86. The zero-order chi connectivity index (χ0) is 15.5. The summed E-state index contributed by atoms with van der Waals surface area (Å²) in [5.74, 6) is 1.48. The molecular formula is C16H22N6. The highest BCUT2D eigenvalue weighted by molar-refractivity contribution is 5.78. The first-order valence-electron chi connectivity index (χ1n) is 7.51. The van der Waals surface area contributed by atoms with Gasteiger partial charge in [0.05, 0.1) is 0 Å². The van der Waals surface area contributed by atoms with Crippen LogP contribution < -0.4 is 16.0 Å². The molecule has 0 radical (unpaired) electrons. The van der Waals surface area contributed by atoms with Crippen LogP contribution in [-0.2, 0) is 0 Å². The first-order chi connectivity index (χ1) is 10.6. The van der Waals surface area contributed by atoms with Gasteiger partial charge in [0.2, 0.25) is 0 Å². The minimum absolute atomic E-state index is 0.604. The SMILES string of the molecule is Cc1ccc(Nc2ncnc(N3CCN(C)CC3)c2N)cc1. The number of nitrogens with zero attached hydrogens (tertiary/aromatic N) is 4. The number of hydrogen-bond acceptors (Lipinski definition) is 6. The molecule has 0 spiro atoms. The maximum Gasteiger partial charge on any atom is 0.159 e. The zero-order valence-corrected chi connectivity index (χ0v) is 13.1. The van der Waals surface area contributed by atoms with Gasteiger partial charge in [-0.15, -0.1) is 0 Å². The number of nitrogen functional groups attached to an aromatic ring is 1. The van der Waals surface area contributed by atoms with Crippen LogP contribution in [-0.4, -0.2) is 48.1 Å². The fourth-order valence-electron chi connectivity index (χ4n) is 2.53. The fourth-order valence-corrected chi connectivity index (χ4v) is 2.53. The molecule has 0 saturated carbocycles. The van der Waals surface area contributed by atoms with Crippen molar-refractivity contribution in [2.24, 2.45) is 0 Å². The largest absolute Gasteiger partial charge is 0.393 e. The molecule has 0 unspecified atom stereocenters. The van der Waals surface area contributed by atoms with Gasteiger partial charge in [0.1, 0.15) is 12.0 Å². The van der Waals surface area contributed by atoms with E-state index in [1.54, 1.807) is 6.33 Å². The summed E-state index contributed by atoms with van der Waals surface area (Å²) in [6.45, 7) is 5.96. The van der Waals surface area contributed by atoms with E-state index < -0.39 is 0 Å². The van der Waals surface area contributed by atoms with Gasteiger partial charge in [0.15, 0.2) is 11.6 Å². The maximum absolute atomic E-state index is 6.28. The minimum Gasteiger partial charge on any atom is -0.393 e. The van der Waals surface area contributed by atoms with Crippen molar-refractivity contribution in [3.8, 4) is 0 Å². The molecule has 3 N–H and O–H groups in total. The van der Waals surface area contributed by atoms with Gasteiger partial charge in [-0.2, -0.15) is 0 Å². The molecule has 2 aromatic rings. The number of aryl methyl sites for hydroxylation is 1. The second kappa shape index (κ2) is 6.19. The molecular weight excluding hydrogens is 276 g/mol. The Kier molecular flexibility index (Phi) is 4.11. The molecule has 2 heterocycles. The summed E-state index contributed by atoms with van der Waals surface area (Å²) in [6, 6.07) is 8.15. The number of aromatic nitrogens is 2. The average Bonchev–Trinajstić information content (AvgIpc) is 2.53. The van der Waals surface area contributed by atoms with E-state index in [0.29, 0.717) is 11.5 Å². The van der Waals surface area contributed by atoms with E-state index in [1.807, 2.05) is 12.1 Å². The van der Waals surface area contributed by atoms with Gasteiger partial charge >= 0.3 is 0 Å². The monoisotopic (exact) mass is 298 g/mol. The Morgan fingerprint density at radius 1 is 1.05 bits per heavy atom. The number of anilines is 4. The van der Waals surface area contributed by atoms with Crippen LogP contribution in [0.2, 0.25) is 0 Å². The van der Waals surface area contributed by atoms with Gasteiger partial charge in [0, 0.05) is 31.9 Å². The summed E-state index contributed by atoms with van der Waals surface area (Å²) < 4.78 is 0. The van der Waals surface area contributed by atoms with Gasteiger partial charge in [-0.05, 0) is 26.1 Å². The van der Waals surface area contributed by atoms with Crippen molar-refractivity contribution in [1.29, 1.82) is 0 Å². The molecule has 3 rings (SSSR count). The molecule has 1 aromatic carbocycles. The lowest BCUT2D eigenvalue weighted by atomic mass is 10.2. The highest BCUT2D eigenvalue weighted by atomic mass is 15.3. The number of nitrogens with two attached hydrogens (primary N) is 1. The van der Waals surface area contributed by atoms with Gasteiger partial charge in [-0.1, -0.05) is 17.7 Å². The van der Waals surface area contributed by atoms with Crippen LogP contribution >= 0.6 is 0 Å². The van der Waals surface area contributed by atoms with E-state index in [9.17, 15) is 0 Å². The van der Waals surface area contributed by atoms with Crippen molar-refractivity contribution in [2.75, 3.05) is 49.2 Å². The van der Waals surface area contributed by atoms with E-state index in [1.165, 1.54) is 5.56 Å². The van der Waals surface area contributed by atoms with Crippen molar-refractivity contribution in [3.05, 3.63) is 36.2 Å². The van der Waals surface area contributed by atoms with Crippen LogP contribution in [0.25, 0.3) is 0 Å². The normalized spacial score (nSPS) is 15.8. The van der Waals surface area contributed by atoms with E-state index in [-0.39, 0.29) is 0 Å². The zero-order valence-electron chi connectivity index (χ0n) is 13.1. The molecule has 6 nitrogen and oxygen atoms in total. The first-order valence-corrected chi connectivity index (χ1v) is 7.51. The maximum atomic E-state index is 6.28. The van der Waals surface area contributed by atoms with Crippen LogP contribution in [0.1, 0.15) is 5.56 Å². The summed E-state index contributed by atoms with van der Waals surface area (Å²) in [7, 11) is 2.13. The van der Waals surface area contributed by atoms with Crippen LogP contribution in [0.5, 0.6) is 0 Å².